The molecule has 0 bridgehead atoms. The van der Waals surface area contributed by atoms with Crippen LogP contribution in [-0.4, -0.2) is 25.9 Å². The lowest BCUT2D eigenvalue weighted by atomic mass is 10.2. The number of aromatic nitrogens is 4. The van der Waals surface area contributed by atoms with Gasteiger partial charge in [-0.25, -0.2) is 4.68 Å². The first kappa shape index (κ1) is 11.1. The van der Waals surface area contributed by atoms with Crippen molar-refractivity contribution in [2.45, 2.75) is 19.9 Å². The van der Waals surface area contributed by atoms with Crippen LogP contribution in [-0.2, 0) is 13.0 Å². The van der Waals surface area contributed by atoms with Gasteiger partial charge in [-0.1, -0.05) is 11.3 Å². The first-order valence-corrected chi connectivity index (χ1v) is 5.67. The van der Waals surface area contributed by atoms with E-state index in [0.717, 1.165) is 23.2 Å². The molecule has 0 saturated heterocycles. The number of aryl methyl sites for hydroxylation is 2. The summed E-state index contributed by atoms with van der Waals surface area (Å²) in [5.74, 6) is 0.574. The van der Waals surface area contributed by atoms with Crippen LogP contribution in [0.15, 0.2) is 24.7 Å². The number of rotatable bonds is 4. The number of halogens is 1. The van der Waals surface area contributed by atoms with Gasteiger partial charge in [0, 0.05) is 30.9 Å². The van der Waals surface area contributed by atoms with E-state index >= 15 is 0 Å². The molecule has 4 nitrogen and oxygen atoms in total. The van der Waals surface area contributed by atoms with Crippen LogP contribution < -0.4 is 0 Å². The number of hydrogen-bond donors (Lipinski definition) is 0. The smallest absolute Gasteiger partial charge is 0.0839 e. The van der Waals surface area contributed by atoms with Crippen LogP contribution in [0.4, 0.5) is 0 Å². The zero-order valence-corrected chi connectivity index (χ0v) is 9.85. The molecule has 2 heterocycles. The minimum atomic E-state index is 0.574. The van der Waals surface area contributed by atoms with E-state index in [4.69, 9.17) is 11.6 Å². The standard InChI is InChI=1S/C11H13ClN4/c1-9-4-10(6-13-5-9)7-16-8-11(2-3-12)14-15-16/h4-6,8H,2-3,7H2,1H3. The molecule has 0 radical (unpaired) electrons. The zero-order valence-electron chi connectivity index (χ0n) is 9.10. The van der Waals surface area contributed by atoms with Crippen molar-refractivity contribution in [1.29, 1.82) is 0 Å². The van der Waals surface area contributed by atoms with Crippen LogP contribution >= 0.6 is 11.6 Å². The second kappa shape index (κ2) is 5.07. The SMILES string of the molecule is Cc1cncc(Cn2cc(CCCl)nn2)c1. The Hall–Kier alpha value is -1.42. The molecule has 0 aromatic carbocycles. The average Bonchev–Trinajstić information content (AvgIpc) is 2.66. The molecule has 0 unspecified atom stereocenters. The van der Waals surface area contributed by atoms with Gasteiger partial charge in [-0.15, -0.1) is 16.7 Å². The third-order valence-electron chi connectivity index (χ3n) is 2.21. The van der Waals surface area contributed by atoms with E-state index in [9.17, 15) is 0 Å². The molecule has 0 aliphatic carbocycles. The van der Waals surface area contributed by atoms with Crippen LogP contribution in [0.5, 0.6) is 0 Å². The van der Waals surface area contributed by atoms with Gasteiger partial charge < -0.3 is 0 Å². The largest absolute Gasteiger partial charge is 0.264 e. The van der Waals surface area contributed by atoms with Gasteiger partial charge in [-0.2, -0.15) is 0 Å². The van der Waals surface area contributed by atoms with Crippen molar-refractivity contribution in [2.24, 2.45) is 0 Å². The minimum absolute atomic E-state index is 0.574. The molecule has 0 spiro atoms. The van der Waals surface area contributed by atoms with Gasteiger partial charge in [-0.3, -0.25) is 4.98 Å². The van der Waals surface area contributed by atoms with Gasteiger partial charge in [0.1, 0.15) is 0 Å². The van der Waals surface area contributed by atoms with E-state index in [0.29, 0.717) is 12.4 Å². The predicted octanol–water partition coefficient (Wildman–Crippen LogP) is 1.81. The molecule has 2 aromatic heterocycles. The lowest BCUT2D eigenvalue weighted by Crippen LogP contribution is -2.01. The summed E-state index contributed by atoms with van der Waals surface area (Å²) in [5, 5.41) is 8.07. The highest BCUT2D eigenvalue weighted by molar-refractivity contribution is 6.17. The van der Waals surface area contributed by atoms with Crippen LogP contribution in [0.25, 0.3) is 0 Å². The van der Waals surface area contributed by atoms with Gasteiger partial charge >= 0.3 is 0 Å². The van der Waals surface area contributed by atoms with Crippen molar-refractivity contribution in [3.63, 3.8) is 0 Å². The maximum absolute atomic E-state index is 5.64. The topological polar surface area (TPSA) is 43.6 Å². The summed E-state index contributed by atoms with van der Waals surface area (Å²) < 4.78 is 1.80. The fourth-order valence-corrected chi connectivity index (χ4v) is 1.71. The maximum atomic E-state index is 5.64. The van der Waals surface area contributed by atoms with E-state index in [1.807, 2.05) is 25.5 Å². The van der Waals surface area contributed by atoms with Crippen molar-refractivity contribution in [3.05, 3.63) is 41.5 Å². The summed E-state index contributed by atoms with van der Waals surface area (Å²) in [6.45, 7) is 2.72. The lowest BCUT2D eigenvalue weighted by Gasteiger charge is -2.00. The minimum Gasteiger partial charge on any atom is -0.264 e. The Morgan fingerprint density at radius 1 is 1.38 bits per heavy atom. The first-order valence-electron chi connectivity index (χ1n) is 5.13. The second-order valence-electron chi connectivity index (χ2n) is 3.72. The van der Waals surface area contributed by atoms with Crippen LogP contribution in [0, 0.1) is 6.92 Å². The van der Waals surface area contributed by atoms with Crippen LogP contribution in [0.1, 0.15) is 16.8 Å². The number of pyridine rings is 1. The normalized spacial score (nSPS) is 10.6. The molecule has 5 heteroatoms. The van der Waals surface area contributed by atoms with Crippen molar-refractivity contribution >= 4 is 11.6 Å². The lowest BCUT2D eigenvalue weighted by molar-refractivity contribution is 0.647. The summed E-state index contributed by atoms with van der Waals surface area (Å²) in [6.07, 6.45) is 6.36. The molecule has 0 N–H and O–H groups in total. The summed E-state index contributed by atoms with van der Waals surface area (Å²) in [4.78, 5) is 4.14. The summed E-state index contributed by atoms with van der Waals surface area (Å²) in [6, 6.07) is 2.09. The molecule has 0 saturated carbocycles. The predicted molar refractivity (Wildman–Crippen MR) is 62.5 cm³/mol. The van der Waals surface area contributed by atoms with E-state index in [-0.39, 0.29) is 0 Å². The van der Waals surface area contributed by atoms with Gasteiger partial charge in [0.2, 0.25) is 0 Å². The molecule has 0 aliphatic rings. The van der Waals surface area contributed by atoms with Crippen LogP contribution in [0.3, 0.4) is 0 Å². The monoisotopic (exact) mass is 236 g/mol. The molecule has 84 valence electrons. The van der Waals surface area contributed by atoms with Gasteiger partial charge in [-0.05, 0) is 18.1 Å². The highest BCUT2D eigenvalue weighted by Gasteiger charge is 2.01. The van der Waals surface area contributed by atoms with Crippen molar-refractivity contribution in [1.82, 2.24) is 20.0 Å². The van der Waals surface area contributed by atoms with Gasteiger partial charge in [0.15, 0.2) is 0 Å². The fraction of sp³-hybridized carbons (Fsp3) is 0.364. The molecular weight excluding hydrogens is 224 g/mol. The van der Waals surface area contributed by atoms with Crippen molar-refractivity contribution in [3.8, 4) is 0 Å². The van der Waals surface area contributed by atoms with E-state index in [2.05, 4.69) is 21.4 Å². The highest BCUT2D eigenvalue weighted by atomic mass is 35.5. The third kappa shape index (κ3) is 2.79. The average molecular weight is 237 g/mol. The summed E-state index contributed by atoms with van der Waals surface area (Å²) in [5.41, 5.74) is 3.21. The Morgan fingerprint density at radius 3 is 3.00 bits per heavy atom. The van der Waals surface area contributed by atoms with E-state index < -0.39 is 0 Å². The molecule has 0 fully saturated rings. The molecular formula is C11H13ClN4. The van der Waals surface area contributed by atoms with Crippen molar-refractivity contribution < 1.29 is 0 Å². The maximum Gasteiger partial charge on any atom is 0.0839 e. The Balaban J connectivity index is 2.08. The van der Waals surface area contributed by atoms with E-state index in [1.54, 1.807) is 4.68 Å². The number of alkyl halides is 1. The van der Waals surface area contributed by atoms with Gasteiger partial charge in [0.05, 0.1) is 12.2 Å². The van der Waals surface area contributed by atoms with Gasteiger partial charge in [0.25, 0.3) is 0 Å². The Bertz CT molecular complexity index is 467. The summed E-state index contributed by atoms with van der Waals surface area (Å²) >= 11 is 5.64. The highest BCUT2D eigenvalue weighted by Crippen LogP contribution is 2.04. The molecule has 0 amide bonds. The molecule has 16 heavy (non-hydrogen) atoms. The molecule has 2 rings (SSSR count). The van der Waals surface area contributed by atoms with Crippen molar-refractivity contribution in [2.75, 3.05) is 5.88 Å². The number of nitrogens with zero attached hydrogens (tertiary/aromatic N) is 4. The Labute approximate surface area is 99.3 Å². The fourth-order valence-electron chi connectivity index (χ4n) is 1.52. The second-order valence-corrected chi connectivity index (χ2v) is 4.09. The zero-order chi connectivity index (χ0) is 11.4. The van der Waals surface area contributed by atoms with Crippen LogP contribution in [0.2, 0.25) is 0 Å². The molecule has 0 atom stereocenters. The Kier molecular flexibility index (Phi) is 3.51. The number of hydrogen-bond acceptors (Lipinski definition) is 3. The Morgan fingerprint density at radius 2 is 2.25 bits per heavy atom. The quantitative estimate of drug-likeness (QED) is 0.761. The molecule has 2 aromatic rings. The summed E-state index contributed by atoms with van der Waals surface area (Å²) in [7, 11) is 0. The van der Waals surface area contributed by atoms with E-state index in [1.165, 1.54) is 0 Å². The first-order chi connectivity index (χ1) is 7.78. The third-order valence-corrected chi connectivity index (χ3v) is 2.40. The molecule has 0 aliphatic heterocycles.